The first kappa shape index (κ1) is 21.5. The molecule has 23 heavy (non-hydrogen) atoms. The van der Waals surface area contributed by atoms with Gasteiger partial charge in [-0.25, -0.2) is 0 Å². The number of nitrogens with two attached hydrogens (primary N) is 1. The predicted molar refractivity (Wildman–Crippen MR) is 86.7 cm³/mol. The van der Waals surface area contributed by atoms with Crippen molar-refractivity contribution in [3.8, 4) is 0 Å². The van der Waals surface area contributed by atoms with Crippen LogP contribution in [0.4, 0.5) is 0 Å². The quantitative estimate of drug-likeness (QED) is 0.627. The lowest BCUT2D eigenvalue weighted by Crippen LogP contribution is -2.38. The summed E-state index contributed by atoms with van der Waals surface area (Å²) in [7, 11) is -2.71. The second kappa shape index (κ2) is 8.97. The van der Waals surface area contributed by atoms with Gasteiger partial charge in [-0.3, -0.25) is 9.35 Å². The van der Waals surface area contributed by atoms with Gasteiger partial charge in [-0.1, -0.05) is 17.7 Å². The van der Waals surface area contributed by atoms with Gasteiger partial charge in [-0.2, -0.15) is 8.42 Å². The second-order valence-corrected chi connectivity index (χ2v) is 7.26. The number of hydrogen-bond acceptors (Lipinski definition) is 6. The molecule has 1 aromatic carbocycles. The number of esters is 1. The molecule has 1 aromatic rings. The Bertz CT molecular complexity index is 589. The van der Waals surface area contributed by atoms with E-state index in [0.717, 1.165) is 5.56 Å². The zero-order valence-electron chi connectivity index (χ0n) is 14.1. The maximum absolute atomic E-state index is 10.8. The lowest BCUT2D eigenvalue weighted by atomic mass is 10.2. The standard InChI is InChI=1S/C8H17NO3.C7H8O3S/c1-8(2,3)12-5-6(9)7(10)11-4;1-6-2-4-7(5-3-6)11(8,9)10/h6H,5,9H2,1-4H3;2-5H,1H3,(H,8,9,10)/t6-;/m0./s1. The van der Waals surface area contributed by atoms with Crippen LogP contribution in [0.5, 0.6) is 0 Å². The van der Waals surface area contributed by atoms with Crippen LogP contribution in [0.25, 0.3) is 0 Å². The van der Waals surface area contributed by atoms with E-state index in [1.165, 1.54) is 19.2 Å². The molecule has 0 spiro atoms. The fourth-order valence-electron chi connectivity index (χ4n) is 1.27. The van der Waals surface area contributed by atoms with Crippen molar-refractivity contribution in [3.05, 3.63) is 29.8 Å². The molecule has 3 N–H and O–H groups in total. The van der Waals surface area contributed by atoms with Crippen LogP contribution >= 0.6 is 0 Å². The first-order valence-electron chi connectivity index (χ1n) is 6.88. The average molecular weight is 347 g/mol. The van der Waals surface area contributed by atoms with Crippen LogP contribution in [-0.4, -0.2) is 44.3 Å². The van der Waals surface area contributed by atoms with Crippen molar-refractivity contribution in [3.63, 3.8) is 0 Å². The molecule has 0 saturated carbocycles. The summed E-state index contributed by atoms with van der Waals surface area (Å²) in [5, 5.41) is 0. The number of carbonyl (C=O) groups is 1. The largest absolute Gasteiger partial charge is 0.468 e. The number of methoxy groups -OCH3 is 1. The smallest absolute Gasteiger partial charge is 0.325 e. The number of carbonyl (C=O) groups excluding carboxylic acids is 1. The van der Waals surface area contributed by atoms with Crippen molar-refractivity contribution < 1.29 is 27.2 Å². The van der Waals surface area contributed by atoms with Crippen LogP contribution in [0.1, 0.15) is 26.3 Å². The maximum Gasteiger partial charge on any atom is 0.325 e. The zero-order valence-corrected chi connectivity index (χ0v) is 14.9. The highest BCUT2D eigenvalue weighted by Gasteiger charge is 2.18. The normalized spacial score (nSPS) is 12.8. The van der Waals surface area contributed by atoms with E-state index in [9.17, 15) is 13.2 Å². The molecule has 0 saturated heterocycles. The molecule has 0 aliphatic carbocycles. The van der Waals surface area contributed by atoms with Gasteiger partial charge in [-0.05, 0) is 39.8 Å². The zero-order chi connectivity index (χ0) is 18.3. The van der Waals surface area contributed by atoms with E-state index >= 15 is 0 Å². The Labute approximate surface area is 137 Å². The highest BCUT2D eigenvalue weighted by molar-refractivity contribution is 7.85. The summed E-state index contributed by atoms with van der Waals surface area (Å²) in [4.78, 5) is 10.7. The third-order valence-corrected chi connectivity index (χ3v) is 3.39. The van der Waals surface area contributed by atoms with E-state index in [0.29, 0.717) is 0 Å². The monoisotopic (exact) mass is 347 g/mol. The Kier molecular flexibility index (Phi) is 8.39. The number of rotatable bonds is 4. The summed E-state index contributed by atoms with van der Waals surface area (Å²) in [6.07, 6.45) is 0. The SMILES string of the molecule is COC(=O)[C@@H](N)COC(C)(C)C.Cc1ccc(S(=O)(=O)O)cc1. The fraction of sp³-hybridized carbons (Fsp3) is 0.533. The molecular formula is C15H25NO6S. The molecule has 0 radical (unpaired) electrons. The molecule has 0 aromatic heterocycles. The van der Waals surface area contributed by atoms with Crippen molar-refractivity contribution in [1.82, 2.24) is 0 Å². The molecule has 0 unspecified atom stereocenters. The summed E-state index contributed by atoms with van der Waals surface area (Å²) in [5.74, 6) is -0.445. The summed E-state index contributed by atoms with van der Waals surface area (Å²) in [6.45, 7) is 7.73. The van der Waals surface area contributed by atoms with Crippen molar-refractivity contribution in [2.24, 2.45) is 5.73 Å². The first-order valence-corrected chi connectivity index (χ1v) is 8.32. The fourth-order valence-corrected chi connectivity index (χ4v) is 1.75. The summed E-state index contributed by atoms with van der Waals surface area (Å²) in [5.41, 5.74) is 6.12. The third-order valence-electron chi connectivity index (χ3n) is 2.52. The first-order chi connectivity index (χ1) is 10.4. The molecule has 7 nitrogen and oxygen atoms in total. The minimum absolute atomic E-state index is 0.0666. The van der Waals surface area contributed by atoms with Gasteiger partial charge >= 0.3 is 5.97 Å². The Morgan fingerprint density at radius 2 is 1.74 bits per heavy atom. The molecule has 0 fully saturated rings. The van der Waals surface area contributed by atoms with E-state index in [1.54, 1.807) is 12.1 Å². The van der Waals surface area contributed by atoms with Gasteiger partial charge in [0.15, 0.2) is 0 Å². The molecule has 132 valence electrons. The topological polar surface area (TPSA) is 116 Å². The van der Waals surface area contributed by atoms with Gasteiger partial charge in [0.05, 0.1) is 24.2 Å². The lowest BCUT2D eigenvalue weighted by molar-refractivity contribution is -0.145. The molecule has 8 heteroatoms. The Hall–Kier alpha value is -1.48. The second-order valence-electron chi connectivity index (χ2n) is 5.84. The number of aryl methyl sites for hydroxylation is 1. The Balaban J connectivity index is 0.000000422. The molecular weight excluding hydrogens is 322 g/mol. The lowest BCUT2D eigenvalue weighted by Gasteiger charge is -2.21. The van der Waals surface area contributed by atoms with Crippen molar-refractivity contribution in [2.45, 2.75) is 44.2 Å². The molecule has 0 heterocycles. The highest BCUT2D eigenvalue weighted by atomic mass is 32.2. The number of benzene rings is 1. The van der Waals surface area contributed by atoms with Gasteiger partial charge in [0.1, 0.15) is 6.04 Å². The summed E-state index contributed by atoms with van der Waals surface area (Å²) >= 11 is 0. The molecule has 0 bridgehead atoms. The predicted octanol–water partition coefficient (Wildman–Crippen LogP) is 1.54. The molecule has 0 aliphatic rings. The summed E-state index contributed by atoms with van der Waals surface area (Å²) < 4.78 is 39.3. The minimum atomic E-state index is -4.02. The van der Waals surface area contributed by atoms with E-state index < -0.39 is 22.1 Å². The van der Waals surface area contributed by atoms with E-state index in [-0.39, 0.29) is 17.1 Å². The number of ether oxygens (including phenoxy) is 2. The van der Waals surface area contributed by atoms with Crippen LogP contribution in [0, 0.1) is 6.92 Å². The number of hydrogen-bond donors (Lipinski definition) is 2. The molecule has 1 atom stereocenters. The average Bonchev–Trinajstić information content (AvgIpc) is 2.43. The van der Waals surface area contributed by atoms with Gasteiger partial charge < -0.3 is 15.2 Å². The van der Waals surface area contributed by atoms with E-state index in [2.05, 4.69) is 4.74 Å². The van der Waals surface area contributed by atoms with Crippen molar-refractivity contribution in [2.75, 3.05) is 13.7 Å². The van der Waals surface area contributed by atoms with Gasteiger partial charge in [0, 0.05) is 0 Å². The minimum Gasteiger partial charge on any atom is -0.468 e. The molecule has 1 rings (SSSR count). The van der Waals surface area contributed by atoms with Gasteiger partial charge in [0.2, 0.25) is 0 Å². The van der Waals surface area contributed by atoms with E-state index in [1.807, 2.05) is 27.7 Å². The van der Waals surface area contributed by atoms with Crippen LogP contribution < -0.4 is 5.73 Å². The molecule has 0 aliphatic heterocycles. The Morgan fingerprint density at radius 3 is 2.09 bits per heavy atom. The van der Waals surface area contributed by atoms with Crippen molar-refractivity contribution >= 4 is 16.1 Å². The Morgan fingerprint density at radius 1 is 1.26 bits per heavy atom. The van der Waals surface area contributed by atoms with Gasteiger partial charge in [0.25, 0.3) is 10.1 Å². The van der Waals surface area contributed by atoms with Gasteiger partial charge in [-0.15, -0.1) is 0 Å². The van der Waals surface area contributed by atoms with Crippen LogP contribution in [0.15, 0.2) is 29.2 Å². The highest BCUT2D eigenvalue weighted by Crippen LogP contribution is 2.08. The van der Waals surface area contributed by atoms with E-state index in [4.69, 9.17) is 15.0 Å². The third kappa shape index (κ3) is 10.0. The van der Waals surface area contributed by atoms with Crippen LogP contribution in [-0.2, 0) is 24.4 Å². The molecule has 0 amide bonds. The van der Waals surface area contributed by atoms with Crippen LogP contribution in [0.3, 0.4) is 0 Å². The maximum atomic E-state index is 10.8. The van der Waals surface area contributed by atoms with Crippen LogP contribution in [0.2, 0.25) is 0 Å². The summed E-state index contributed by atoms with van der Waals surface area (Å²) in [6, 6.07) is 5.30. The van der Waals surface area contributed by atoms with Crippen molar-refractivity contribution in [1.29, 1.82) is 0 Å².